The van der Waals surface area contributed by atoms with Gasteiger partial charge >= 0.3 is 0 Å². The topological polar surface area (TPSA) is 58.6 Å². The van der Waals surface area contributed by atoms with E-state index in [9.17, 15) is 14.0 Å². The number of unbranched alkanes of at least 4 members (excludes halogenated alkanes) is 1. The minimum atomic E-state index is -0.773. The van der Waals surface area contributed by atoms with E-state index < -0.39 is 6.04 Å². The van der Waals surface area contributed by atoms with E-state index in [4.69, 9.17) is 4.74 Å². The van der Waals surface area contributed by atoms with Crippen LogP contribution in [0.2, 0.25) is 0 Å². The van der Waals surface area contributed by atoms with Crippen LogP contribution in [0.5, 0.6) is 5.75 Å². The molecule has 2 amide bonds. The molecule has 0 aliphatic carbocycles. The summed E-state index contributed by atoms with van der Waals surface area (Å²) in [5.41, 5.74) is 1.65. The third-order valence-corrected chi connectivity index (χ3v) is 7.36. The fourth-order valence-corrected chi connectivity index (χ4v) is 5.00. The maximum absolute atomic E-state index is 13.8. The van der Waals surface area contributed by atoms with Gasteiger partial charge < -0.3 is 15.0 Å². The van der Waals surface area contributed by atoms with Gasteiger partial charge in [-0.2, -0.15) is 0 Å². The van der Waals surface area contributed by atoms with Crippen molar-refractivity contribution >= 4 is 38.5 Å². The van der Waals surface area contributed by atoms with Crippen molar-refractivity contribution in [1.82, 2.24) is 10.2 Å². The Kier molecular flexibility index (Phi) is 10.1. The number of hydrogen-bond acceptors (Lipinski definition) is 3. The first-order chi connectivity index (χ1) is 19.0. The standard InChI is InChI=1S/C32H32BrFN2O3/c1-2-3-19-35-32(38)28(20-23-9-5-4-6-10-23)36(21-24-13-16-26(34)17-14-24)30(37)22-39-29-18-15-25-11-7-8-12-27(25)31(29)33/h4-18,28H,2-3,19-22H2,1H3,(H,35,38)/t28-/m0/s1. The molecule has 1 N–H and O–H groups in total. The lowest BCUT2D eigenvalue weighted by atomic mass is 10.0. The van der Waals surface area contributed by atoms with E-state index in [0.717, 1.165) is 39.2 Å². The van der Waals surface area contributed by atoms with Crippen LogP contribution in [0.4, 0.5) is 4.39 Å². The van der Waals surface area contributed by atoms with Gasteiger partial charge in [0.2, 0.25) is 5.91 Å². The molecule has 4 rings (SSSR count). The van der Waals surface area contributed by atoms with Crippen molar-refractivity contribution in [3.05, 3.63) is 112 Å². The Morgan fingerprint density at radius 2 is 1.64 bits per heavy atom. The minimum absolute atomic E-state index is 0.139. The number of rotatable bonds is 12. The highest BCUT2D eigenvalue weighted by Gasteiger charge is 2.30. The summed E-state index contributed by atoms with van der Waals surface area (Å²) in [6.45, 7) is 2.46. The van der Waals surface area contributed by atoms with E-state index in [-0.39, 0.29) is 30.8 Å². The lowest BCUT2D eigenvalue weighted by Crippen LogP contribution is -2.51. The first-order valence-electron chi connectivity index (χ1n) is 13.1. The average Bonchev–Trinajstić information content (AvgIpc) is 2.96. The number of halogens is 2. The summed E-state index contributed by atoms with van der Waals surface area (Å²) >= 11 is 3.61. The number of hydrogen-bond donors (Lipinski definition) is 1. The highest BCUT2D eigenvalue weighted by Crippen LogP contribution is 2.33. The highest BCUT2D eigenvalue weighted by atomic mass is 79.9. The molecular formula is C32H32BrFN2O3. The van der Waals surface area contributed by atoms with Crippen molar-refractivity contribution in [3.63, 3.8) is 0 Å². The third-order valence-electron chi connectivity index (χ3n) is 6.55. The summed E-state index contributed by atoms with van der Waals surface area (Å²) in [4.78, 5) is 28.8. The van der Waals surface area contributed by atoms with Crippen molar-refractivity contribution in [1.29, 1.82) is 0 Å². The SMILES string of the molecule is CCCCNC(=O)[C@H](Cc1ccccc1)N(Cc1ccc(F)cc1)C(=O)COc1ccc2ccccc2c1Br. The van der Waals surface area contributed by atoms with Crippen molar-refractivity contribution in [2.45, 2.75) is 38.8 Å². The van der Waals surface area contributed by atoms with Gasteiger partial charge in [0, 0.05) is 19.5 Å². The first kappa shape index (κ1) is 28.3. The number of benzene rings is 4. The van der Waals surface area contributed by atoms with Crippen LogP contribution in [0.15, 0.2) is 95.5 Å². The number of nitrogens with zero attached hydrogens (tertiary/aromatic N) is 1. The van der Waals surface area contributed by atoms with Crippen molar-refractivity contribution < 1.29 is 18.7 Å². The second-order valence-corrected chi connectivity index (χ2v) is 10.2. The van der Waals surface area contributed by atoms with Gasteiger partial charge in [-0.15, -0.1) is 0 Å². The van der Waals surface area contributed by atoms with Crippen LogP contribution in [-0.2, 0) is 22.6 Å². The quantitative estimate of drug-likeness (QED) is 0.187. The Morgan fingerprint density at radius 1 is 0.923 bits per heavy atom. The maximum atomic E-state index is 13.8. The van der Waals surface area contributed by atoms with E-state index in [2.05, 4.69) is 28.2 Å². The number of amides is 2. The molecule has 4 aromatic rings. The third kappa shape index (κ3) is 7.67. The molecule has 0 bridgehead atoms. The lowest BCUT2D eigenvalue weighted by molar-refractivity contribution is -0.142. The fourth-order valence-electron chi connectivity index (χ4n) is 4.39. The minimum Gasteiger partial charge on any atom is -0.483 e. The molecule has 7 heteroatoms. The summed E-state index contributed by atoms with van der Waals surface area (Å²) in [7, 11) is 0. The zero-order valence-corrected chi connectivity index (χ0v) is 23.5. The highest BCUT2D eigenvalue weighted by molar-refractivity contribution is 9.10. The van der Waals surface area contributed by atoms with Crippen molar-refractivity contribution in [2.24, 2.45) is 0 Å². The maximum Gasteiger partial charge on any atom is 0.261 e. The number of ether oxygens (including phenoxy) is 1. The lowest BCUT2D eigenvalue weighted by Gasteiger charge is -2.31. The van der Waals surface area contributed by atoms with Gasteiger partial charge in [-0.1, -0.05) is 86.1 Å². The zero-order chi connectivity index (χ0) is 27.6. The molecule has 0 fully saturated rings. The molecule has 0 saturated carbocycles. The molecule has 39 heavy (non-hydrogen) atoms. The average molecular weight is 592 g/mol. The van der Waals surface area contributed by atoms with E-state index in [1.54, 1.807) is 12.1 Å². The van der Waals surface area contributed by atoms with E-state index >= 15 is 0 Å². The van der Waals surface area contributed by atoms with Crippen LogP contribution in [0.25, 0.3) is 10.8 Å². The second kappa shape index (κ2) is 13.9. The Labute approximate surface area is 237 Å². The molecule has 5 nitrogen and oxygen atoms in total. The zero-order valence-electron chi connectivity index (χ0n) is 21.9. The molecule has 0 aliphatic heterocycles. The van der Waals surface area contributed by atoms with Crippen LogP contribution >= 0.6 is 15.9 Å². The molecule has 0 unspecified atom stereocenters. The van der Waals surface area contributed by atoms with Crippen LogP contribution in [-0.4, -0.2) is 35.9 Å². The van der Waals surface area contributed by atoms with Gasteiger partial charge in [0.1, 0.15) is 17.6 Å². The molecule has 0 saturated heterocycles. The summed E-state index contributed by atoms with van der Waals surface area (Å²) in [5.74, 6) is -0.393. The van der Waals surface area contributed by atoms with Gasteiger partial charge in [-0.3, -0.25) is 9.59 Å². The van der Waals surface area contributed by atoms with Gasteiger partial charge in [-0.25, -0.2) is 4.39 Å². The molecule has 0 radical (unpaired) electrons. The van der Waals surface area contributed by atoms with Gasteiger partial charge in [-0.05, 0) is 62.4 Å². The Morgan fingerprint density at radius 3 is 2.38 bits per heavy atom. The predicted molar refractivity (Wildman–Crippen MR) is 156 cm³/mol. The van der Waals surface area contributed by atoms with Crippen molar-refractivity contribution in [2.75, 3.05) is 13.2 Å². The predicted octanol–water partition coefficient (Wildman–Crippen LogP) is 6.68. The van der Waals surface area contributed by atoms with Crippen LogP contribution in [0.3, 0.4) is 0 Å². The van der Waals surface area contributed by atoms with Gasteiger partial charge in [0.05, 0.1) is 4.47 Å². The number of carbonyl (C=O) groups is 2. The Balaban J connectivity index is 1.61. The second-order valence-electron chi connectivity index (χ2n) is 9.39. The first-order valence-corrected chi connectivity index (χ1v) is 13.9. The van der Waals surface area contributed by atoms with Crippen LogP contribution in [0, 0.1) is 5.82 Å². The molecule has 1 atom stereocenters. The molecule has 0 heterocycles. The summed E-state index contributed by atoms with van der Waals surface area (Å²) < 4.78 is 20.4. The molecule has 0 spiro atoms. The Bertz CT molecular complexity index is 1400. The largest absolute Gasteiger partial charge is 0.483 e. The summed E-state index contributed by atoms with van der Waals surface area (Å²) in [6, 6.07) is 26.5. The monoisotopic (exact) mass is 590 g/mol. The smallest absolute Gasteiger partial charge is 0.261 e. The molecule has 0 aliphatic rings. The summed E-state index contributed by atoms with van der Waals surface area (Å²) in [6.07, 6.45) is 2.12. The van der Waals surface area contributed by atoms with E-state index in [1.165, 1.54) is 17.0 Å². The number of nitrogens with one attached hydrogen (secondary N) is 1. The van der Waals surface area contributed by atoms with Gasteiger partial charge in [0.15, 0.2) is 6.61 Å². The van der Waals surface area contributed by atoms with E-state index in [1.807, 2.05) is 66.7 Å². The molecule has 4 aromatic carbocycles. The molecule has 0 aromatic heterocycles. The summed E-state index contributed by atoms with van der Waals surface area (Å²) in [5, 5.41) is 5.02. The molecule has 202 valence electrons. The fraction of sp³-hybridized carbons (Fsp3) is 0.250. The number of fused-ring (bicyclic) bond motifs is 1. The molecular weight excluding hydrogens is 559 g/mol. The van der Waals surface area contributed by atoms with Gasteiger partial charge in [0.25, 0.3) is 5.91 Å². The van der Waals surface area contributed by atoms with Crippen molar-refractivity contribution in [3.8, 4) is 5.75 Å². The Hall–Kier alpha value is -3.71. The van der Waals surface area contributed by atoms with Crippen LogP contribution < -0.4 is 10.1 Å². The van der Waals surface area contributed by atoms with Crippen LogP contribution in [0.1, 0.15) is 30.9 Å². The number of carbonyl (C=O) groups excluding carboxylic acids is 2. The van der Waals surface area contributed by atoms with E-state index in [0.29, 0.717) is 18.7 Å². The normalized spacial score (nSPS) is 11.7.